The van der Waals surface area contributed by atoms with Crippen LogP contribution in [0.3, 0.4) is 0 Å². The van der Waals surface area contributed by atoms with Crippen LogP contribution in [0.15, 0.2) is 33.6 Å². The molecule has 19 heavy (non-hydrogen) atoms. The van der Waals surface area contributed by atoms with Gasteiger partial charge >= 0.3 is 11.3 Å². The van der Waals surface area contributed by atoms with E-state index in [1.54, 1.807) is 13.1 Å². The number of H-pyrrole nitrogens is 1. The van der Waals surface area contributed by atoms with Gasteiger partial charge in [0.2, 0.25) is 0 Å². The van der Waals surface area contributed by atoms with Crippen LogP contribution in [-0.2, 0) is 13.6 Å². The van der Waals surface area contributed by atoms with E-state index in [-0.39, 0.29) is 17.8 Å². The van der Waals surface area contributed by atoms with Gasteiger partial charge in [0, 0.05) is 7.05 Å². The molecule has 0 fully saturated rings. The van der Waals surface area contributed by atoms with Crippen molar-refractivity contribution in [1.82, 2.24) is 10.2 Å². The van der Waals surface area contributed by atoms with Crippen LogP contribution in [0.4, 0.5) is 4.39 Å². The van der Waals surface area contributed by atoms with E-state index in [1.807, 2.05) is 0 Å². The molecule has 1 N–H and O–H groups in total. The zero-order chi connectivity index (χ0) is 14.0. The lowest BCUT2D eigenvalue weighted by molar-refractivity contribution is -0.746. The topological polar surface area (TPSA) is 70.2 Å². The predicted molar refractivity (Wildman–Crippen MR) is 62.7 cm³/mol. The fourth-order valence-electron chi connectivity index (χ4n) is 1.67. The molecule has 0 bridgehead atoms. The fourth-order valence-corrected chi connectivity index (χ4v) is 1.67. The van der Waals surface area contributed by atoms with Gasteiger partial charge in [-0.1, -0.05) is 16.8 Å². The second-order valence-corrected chi connectivity index (χ2v) is 4.13. The van der Waals surface area contributed by atoms with Gasteiger partial charge in [0.15, 0.2) is 7.05 Å². The Bertz CT molecular complexity index is 662. The van der Waals surface area contributed by atoms with Gasteiger partial charge in [-0.3, -0.25) is 9.32 Å². The van der Waals surface area contributed by atoms with Crippen LogP contribution in [0.5, 0.6) is 0 Å². The molecule has 0 atom stereocenters. The highest BCUT2D eigenvalue weighted by Gasteiger charge is 2.23. The van der Waals surface area contributed by atoms with Crippen molar-refractivity contribution in [3.8, 4) is 0 Å². The average Bonchev–Trinajstić information content (AvgIpc) is 2.70. The first-order valence-corrected chi connectivity index (χ1v) is 5.57. The third-order valence-corrected chi connectivity index (χ3v) is 2.75. The Hall–Kier alpha value is -2.44. The Morgan fingerprint density at radius 3 is 2.74 bits per heavy atom. The van der Waals surface area contributed by atoms with Crippen LogP contribution >= 0.6 is 0 Å². The number of hydrogen-bond acceptors (Lipinski definition) is 3. The summed E-state index contributed by atoms with van der Waals surface area (Å²) < 4.78 is 19.4. The molecule has 0 aliphatic heterocycles. The summed E-state index contributed by atoms with van der Waals surface area (Å²) in [4.78, 5) is 24.7. The van der Waals surface area contributed by atoms with Gasteiger partial charge in [0.25, 0.3) is 5.91 Å². The molecule has 6 nitrogen and oxygen atoms in total. The van der Waals surface area contributed by atoms with Crippen LogP contribution in [-0.4, -0.2) is 23.1 Å². The van der Waals surface area contributed by atoms with Gasteiger partial charge in [-0.25, -0.2) is 9.18 Å². The number of carbonyl (C=O) groups is 1. The monoisotopic (exact) mass is 266 g/mol. The van der Waals surface area contributed by atoms with E-state index < -0.39 is 17.3 Å². The highest BCUT2D eigenvalue weighted by Crippen LogP contribution is 2.09. The van der Waals surface area contributed by atoms with E-state index in [1.165, 1.54) is 34.8 Å². The second-order valence-electron chi connectivity index (χ2n) is 4.13. The molecule has 0 unspecified atom stereocenters. The molecule has 1 amide bonds. The number of aryl methyl sites for hydroxylation is 1. The zero-order valence-electron chi connectivity index (χ0n) is 10.5. The summed E-state index contributed by atoms with van der Waals surface area (Å²) in [7, 11) is 3.07. The first-order chi connectivity index (χ1) is 9.00. The SMILES string of the molecule is CN(Cc1c(=O)o[nH][n+]1C)C(=O)c1ccccc1F. The van der Waals surface area contributed by atoms with Crippen LogP contribution in [0.2, 0.25) is 0 Å². The van der Waals surface area contributed by atoms with E-state index in [0.29, 0.717) is 0 Å². The lowest BCUT2D eigenvalue weighted by Crippen LogP contribution is -2.40. The Morgan fingerprint density at radius 1 is 1.47 bits per heavy atom. The van der Waals surface area contributed by atoms with Crippen molar-refractivity contribution in [2.24, 2.45) is 7.05 Å². The van der Waals surface area contributed by atoms with Crippen molar-refractivity contribution in [1.29, 1.82) is 0 Å². The smallest absolute Gasteiger partial charge is 0.331 e. The van der Waals surface area contributed by atoms with Crippen LogP contribution in [0.1, 0.15) is 16.1 Å². The fraction of sp³-hybridized carbons (Fsp3) is 0.250. The molecule has 0 aliphatic rings. The number of rotatable bonds is 3. The molecule has 1 aromatic carbocycles. The van der Waals surface area contributed by atoms with Crippen LogP contribution in [0, 0.1) is 5.82 Å². The maximum Gasteiger partial charge on any atom is 0.431 e. The number of hydrogen-bond donors (Lipinski definition) is 1. The third-order valence-electron chi connectivity index (χ3n) is 2.75. The Labute approximate surface area is 108 Å². The minimum atomic E-state index is -0.593. The summed E-state index contributed by atoms with van der Waals surface area (Å²) in [5.41, 5.74) is -0.324. The summed E-state index contributed by atoms with van der Waals surface area (Å²) in [5.74, 6) is -1.09. The van der Waals surface area contributed by atoms with E-state index in [9.17, 15) is 14.0 Å². The van der Waals surface area contributed by atoms with Gasteiger partial charge in [0.1, 0.15) is 12.4 Å². The van der Waals surface area contributed by atoms with Gasteiger partial charge < -0.3 is 4.90 Å². The summed E-state index contributed by atoms with van der Waals surface area (Å²) in [6.07, 6.45) is 0. The number of aromatic amines is 1. The first kappa shape index (κ1) is 13.0. The van der Waals surface area contributed by atoms with E-state index in [2.05, 4.69) is 9.79 Å². The van der Waals surface area contributed by atoms with E-state index in [0.717, 1.165) is 0 Å². The standard InChI is InChI=1S/C12H12FN3O3/c1-15(7-10-12(18)19-14-16(10)2)11(17)8-5-3-4-6-9(8)13/h3-6H,7H2,1-2H3/p+1. The molecule has 0 radical (unpaired) electrons. The zero-order valence-corrected chi connectivity index (χ0v) is 10.5. The second kappa shape index (κ2) is 5.05. The molecular formula is C12H13FN3O3+. The first-order valence-electron chi connectivity index (χ1n) is 5.57. The number of nitrogens with zero attached hydrogens (tertiary/aromatic N) is 2. The molecule has 0 spiro atoms. The molecule has 1 heterocycles. The van der Waals surface area contributed by atoms with Crippen molar-refractivity contribution in [3.63, 3.8) is 0 Å². The minimum Gasteiger partial charge on any atom is -0.331 e. The lowest BCUT2D eigenvalue weighted by Gasteiger charge is -2.14. The number of nitrogens with one attached hydrogen (secondary N) is 1. The molecule has 2 aromatic rings. The molecular weight excluding hydrogens is 253 g/mol. The summed E-state index contributed by atoms with van der Waals surface area (Å²) in [6.45, 7) is 0.0233. The Balaban J connectivity index is 2.22. The molecule has 7 heteroatoms. The van der Waals surface area contributed by atoms with Gasteiger partial charge in [0.05, 0.1) is 5.56 Å². The molecule has 0 aliphatic carbocycles. The molecule has 0 saturated heterocycles. The quantitative estimate of drug-likeness (QED) is 0.807. The number of halogens is 1. The highest BCUT2D eigenvalue weighted by atomic mass is 19.1. The van der Waals surface area contributed by atoms with Gasteiger partial charge in [-0.15, -0.1) is 0 Å². The predicted octanol–water partition coefficient (Wildman–Crippen LogP) is 0.204. The van der Waals surface area contributed by atoms with Crippen molar-refractivity contribution in [3.05, 3.63) is 51.8 Å². The van der Waals surface area contributed by atoms with E-state index >= 15 is 0 Å². The van der Waals surface area contributed by atoms with Crippen molar-refractivity contribution < 1.29 is 18.4 Å². The van der Waals surface area contributed by atoms with Crippen molar-refractivity contribution in [2.45, 2.75) is 6.54 Å². The maximum atomic E-state index is 13.5. The summed E-state index contributed by atoms with van der Waals surface area (Å²) in [6, 6.07) is 5.70. The normalized spacial score (nSPS) is 10.5. The van der Waals surface area contributed by atoms with Gasteiger partial charge in [-0.05, 0) is 17.4 Å². The summed E-state index contributed by atoms with van der Waals surface area (Å²) in [5, 5.41) is 2.35. The Morgan fingerprint density at radius 2 is 2.16 bits per heavy atom. The number of benzene rings is 1. The van der Waals surface area contributed by atoms with E-state index in [4.69, 9.17) is 0 Å². The Kier molecular flexibility index (Phi) is 3.46. The maximum absolute atomic E-state index is 13.5. The molecule has 0 saturated carbocycles. The lowest BCUT2D eigenvalue weighted by atomic mass is 10.2. The minimum absolute atomic E-state index is 0.0233. The largest absolute Gasteiger partial charge is 0.431 e. The van der Waals surface area contributed by atoms with Crippen molar-refractivity contribution in [2.75, 3.05) is 7.05 Å². The average molecular weight is 266 g/mol. The van der Waals surface area contributed by atoms with Crippen molar-refractivity contribution >= 4 is 5.91 Å². The van der Waals surface area contributed by atoms with Crippen LogP contribution in [0.25, 0.3) is 0 Å². The molecule has 2 rings (SSSR count). The number of carbonyl (C=O) groups excluding carboxylic acids is 1. The number of aromatic nitrogens is 2. The van der Waals surface area contributed by atoms with Gasteiger partial charge in [-0.2, -0.15) is 0 Å². The highest BCUT2D eigenvalue weighted by molar-refractivity contribution is 5.94. The molecule has 1 aromatic heterocycles. The third kappa shape index (κ3) is 2.54. The van der Waals surface area contributed by atoms with Crippen LogP contribution < -0.4 is 10.3 Å². The number of amides is 1. The summed E-state index contributed by atoms with van der Waals surface area (Å²) >= 11 is 0. The molecule has 100 valence electrons.